The molecule has 1 saturated carbocycles. The lowest BCUT2D eigenvalue weighted by atomic mass is 10.2. The third kappa shape index (κ3) is 2.31. The minimum absolute atomic E-state index is 0.473. The second-order valence-electron chi connectivity index (χ2n) is 4.37. The van der Waals surface area contributed by atoms with Crippen molar-refractivity contribution in [2.24, 2.45) is 0 Å². The zero-order valence-electron chi connectivity index (χ0n) is 8.30. The van der Waals surface area contributed by atoms with Gasteiger partial charge in [-0.05, 0) is 25.8 Å². The lowest BCUT2D eigenvalue weighted by molar-refractivity contribution is -0.118. The molecule has 1 saturated heterocycles. The van der Waals surface area contributed by atoms with Crippen molar-refractivity contribution in [2.75, 3.05) is 13.1 Å². The first kappa shape index (κ1) is 9.20. The smallest absolute Gasteiger partial charge is 0.134 e. The molecular weight excluding hydrogens is 162 g/mol. The molecule has 0 spiro atoms. The summed E-state index contributed by atoms with van der Waals surface area (Å²) < 4.78 is 0. The third-order valence-electron chi connectivity index (χ3n) is 3.42. The van der Waals surface area contributed by atoms with Gasteiger partial charge in [-0.2, -0.15) is 0 Å². The van der Waals surface area contributed by atoms with Gasteiger partial charge in [0.1, 0.15) is 5.78 Å². The molecule has 2 nitrogen and oxygen atoms in total. The molecule has 0 aromatic heterocycles. The number of hydrogen-bond donors (Lipinski definition) is 0. The molecule has 0 aromatic carbocycles. The Morgan fingerprint density at radius 3 is 2.54 bits per heavy atom. The fourth-order valence-electron chi connectivity index (χ4n) is 2.62. The van der Waals surface area contributed by atoms with E-state index in [4.69, 9.17) is 0 Å². The summed E-state index contributed by atoms with van der Waals surface area (Å²) in [6.07, 6.45) is 8.25. The van der Waals surface area contributed by atoms with Gasteiger partial charge in [-0.1, -0.05) is 12.8 Å². The number of ketones is 1. The van der Waals surface area contributed by atoms with Crippen molar-refractivity contribution in [3.63, 3.8) is 0 Å². The Bertz CT molecular complexity index is 185. The Hall–Kier alpha value is -0.370. The summed E-state index contributed by atoms with van der Waals surface area (Å²) in [6.45, 7) is 2.19. The van der Waals surface area contributed by atoms with Crippen LogP contribution in [-0.2, 0) is 4.79 Å². The SMILES string of the molecule is O=C1CCCN(C2CCCC2)CC1. The summed E-state index contributed by atoms with van der Waals surface area (Å²) in [7, 11) is 0. The summed E-state index contributed by atoms with van der Waals surface area (Å²) in [6, 6.07) is 0.811. The van der Waals surface area contributed by atoms with Crippen molar-refractivity contribution in [2.45, 2.75) is 51.0 Å². The van der Waals surface area contributed by atoms with E-state index in [1.165, 1.54) is 25.7 Å². The van der Waals surface area contributed by atoms with E-state index in [1.54, 1.807) is 0 Å². The van der Waals surface area contributed by atoms with E-state index in [1.807, 2.05) is 0 Å². The van der Waals surface area contributed by atoms with Crippen LogP contribution in [0.3, 0.4) is 0 Å². The van der Waals surface area contributed by atoms with Crippen molar-refractivity contribution in [3.8, 4) is 0 Å². The average Bonchev–Trinajstić information content (AvgIpc) is 2.56. The first-order valence-corrected chi connectivity index (χ1v) is 5.62. The maximum absolute atomic E-state index is 11.2. The zero-order chi connectivity index (χ0) is 9.10. The fourth-order valence-corrected chi connectivity index (χ4v) is 2.62. The van der Waals surface area contributed by atoms with E-state index >= 15 is 0 Å². The van der Waals surface area contributed by atoms with Crippen LogP contribution in [-0.4, -0.2) is 29.8 Å². The van der Waals surface area contributed by atoms with E-state index in [9.17, 15) is 4.79 Å². The molecule has 0 N–H and O–H groups in total. The molecule has 2 rings (SSSR count). The highest BCUT2D eigenvalue weighted by Gasteiger charge is 2.24. The molecule has 2 fully saturated rings. The normalized spacial score (nSPS) is 27.8. The molecule has 0 amide bonds. The van der Waals surface area contributed by atoms with Crippen molar-refractivity contribution in [1.82, 2.24) is 4.90 Å². The summed E-state index contributed by atoms with van der Waals surface area (Å²) in [5, 5.41) is 0. The third-order valence-corrected chi connectivity index (χ3v) is 3.42. The van der Waals surface area contributed by atoms with E-state index < -0.39 is 0 Å². The number of Topliss-reactive ketones (excluding diaryl/α,β-unsaturated/α-hetero) is 1. The van der Waals surface area contributed by atoms with Crippen molar-refractivity contribution in [1.29, 1.82) is 0 Å². The van der Waals surface area contributed by atoms with E-state index in [2.05, 4.69) is 4.90 Å². The van der Waals surface area contributed by atoms with Crippen LogP contribution in [0.15, 0.2) is 0 Å². The lowest BCUT2D eigenvalue weighted by Gasteiger charge is -2.26. The van der Waals surface area contributed by atoms with Gasteiger partial charge in [0.05, 0.1) is 0 Å². The van der Waals surface area contributed by atoms with Gasteiger partial charge in [0.2, 0.25) is 0 Å². The summed E-state index contributed by atoms with van der Waals surface area (Å²) in [4.78, 5) is 13.8. The standard InChI is InChI=1S/C11H19NO/c13-11-6-3-8-12(9-7-11)10-4-1-2-5-10/h10H,1-9H2. The molecule has 1 aliphatic heterocycles. The number of carbonyl (C=O) groups is 1. The number of carbonyl (C=O) groups excluding carboxylic acids is 1. The van der Waals surface area contributed by atoms with Crippen LogP contribution in [0.25, 0.3) is 0 Å². The van der Waals surface area contributed by atoms with Crippen molar-refractivity contribution >= 4 is 5.78 Å². The van der Waals surface area contributed by atoms with Gasteiger partial charge in [0.25, 0.3) is 0 Å². The Labute approximate surface area is 80.3 Å². The van der Waals surface area contributed by atoms with Gasteiger partial charge >= 0.3 is 0 Å². The maximum atomic E-state index is 11.2. The van der Waals surface area contributed by atoms with Gasteiger partial charge < -0.3 is 0 Å². The van der Waals surface area contributed by atoms with Gasteiger partial charge in [-0.3, -0.25) is 9.69 Å². The zero-order valence-corrected chi connectivity index (χ0v) is 8.30. The molecule has 1 heterocycles. The largest absolute Gasteiger partial charge is 0.300 e. The van der Waals surface area contributed by atoms with Gasteiger partial charge in [0, 0.05) is 25.4 Å². The van der Waals surface area contributed by atoms with Crippen LogP contribution in [0.1, 0.15) is 44.9 Å². The van der Waals surface area contributed by atoms with Gasteiger partial charge in [0.15, 0.2) is 0 Å². The molecule has 0 radical (unpaired) electrons. The second-order valence-corrected chi connectivity index (χ2v) is 4.37. The molecule has 0 unspecified atom stereocenters. The molecule has 0 aromatic rings. The molecular formula is C11H19NO. The number of hydrogen-bond acceptors (Lipinski definition) is 2. The average molecular weight is 181 g/mol. The Morgan fingerprint density at radius 1 is 1.00 bits per heavy atom. The van der Waals surface area contributed by atoms with Crippen LogP contribution in [0.4, 0.5) is 0 Å². The Morgan fingerprint density at radius 2 is 1.77 bits per heavy atom. The first-order valence-electron chi connectivity index (χ1n) is 5.62. The summed E-state index contributed by atoms with van der Waals surface area (Å²) in [5.41, 5.74) is 0. The Kier molecular flexibility index (Phi) is 2.99. The maximum Gasteiger partial charge on any atom is 0.134 e. The molecule has 13 heavy (non-hydrogen) atoms. The Balaban J connectivity index is 1.87. The van der Waals surface area contributed by atoms with Crippen molar-refractivity contribution < 1.29 is 4.79 Å². The monoisotopic (exact) mass is 181 g/mol. The predicted molar refractivity (Wildman–Crippen MR) is 52.7 cm³/mol. The fraction of sp³-hybridized carbons (Fsp3) is 0.909. The number of nitrogens with zero attached hydrogens (tertiary/aromatic N) is 1. The van der Waals surface area contributed by atoms with Gasteiger partial charge in [-0.25, -0.2) is 0 Å². The van der Waals surface area contributed by atoms with Crippen LogP contribution in [0.5, 0.6) is 0 Å². The molecule has 2 heteroatoms. The molecule has 0 atom stereocenters. The topological polar surface area (TPSA) is 20.3 Å². The summed E-state index contributed by atoms with van der Waals surface area (Å²) >= 11 is 0. The van der Waals surface area contributed by atoms with Crippen LogP contribution >= 0.6 is 0 Å². The van der Waals surface area contributed by atoms with Crippen LogP contribution in [0, 0.1) is 0 Å². The number of likely N-dealkylation sites (tertiary alicyclic amines) is 1. The summed E-state index contributed by atoms with van der Waals surface area (Å²) in [5.74, 6) is 0.473. The van der Waals surface area contributed by atoms with E-state index in [-0.39, 0.29) is 0 Å². The first-order chi connectivity index (χ1) is 6.36. The second kappa shape index (κ2) is 4.23. The molecule has 1 aliphatic carbocycles. The molecule has 2 aliphatic rings. The van der Waals surface area contributed by atoms with Crippen LogP contribution < -0.4 is 0 Å². The minimum Gasteiger partial charge on any atom is -0.300 e. The molecule has 0 bridgehead atoms. The highest BCUT2D eigenvalue weighted by atomic mass is 16.1. The lowest BCUT2D eigenvalue weighted by Crippen LogP contribution is -2.34. The highest BCUT2D eigenvalue weighted by molar-refractivity contribution is 5.78. The quantitative estimate of drug-likeness (QED) is 0.616. The van der Waals surface area contributed by atoms with Gasteiger partial charge in [-0.15, -0.1) is 0 Å². The molecule has 74 valence electrons. The van der Waals surface area contributed by atoms with E-state index in [0.717, 1.165) is 38.4 Å². The number of rotatable bonds is 1. The van der Waals surface area contributed by atoms with Crippen molar-refractivity contribution in [3.05, 3.63) is 0 Å². The highest BCUT2D eigenvalue weighted by Crippen LogP contribution is 2.24. The minimum atomic E-state index is 0.473. The van der Waals surface area contributed by atoms with Crippen LogP contribution in [0.2, 0.25) is 0 Å². The predicted octanol–water partition coefficient (Wildman–Crippen LogP) is 1.98. The van der Waals surface area contributed by atoms with E-state index in [0.29, 0.717) is 5.78 Å².